The predicted molar refractivity (Wildman–Crippen MR) is 178 cm³/mol. The average molecular weight is 768 g/mol. The predicted octanol–water partition coefficient (Wildman–Crippen LogP) is -0.545. The van der Waals surface area contributed by atoms with Crippen LogP contribution in [0.25, 0.3) is 0 Å². The normalized spacial score (nSPS) is 23.2. The minimum absolute atomic E-state index is 0. The number of nitrogens with zero attached hydrogens (tertiary/aromatic N) is 1. The summed E-state index contributed by atoms with van der Waals surface area (Å²) in [7, 11) is 0.993. The molecule has 4 atom stereocenters. The number of halogens is 2. The Kier molecular flexibility index (Phi) is 38.8. The molecule has 0 aromatic carbocycles. The number of carbonyl (C=O) groups is 4. The number of aliphatic hydroxyl groups is 2. The van der Waals surface area contributed by atoms with Gasteiger partial charge in [-0.25, -0.2) is 28.1 Å². The zero-order valence-corrected chi connectivity index (χ0v) is 33.3. The maximum Gasteiger partial charge on any atom is 1.00 e. The molecule has 15 nitrogen and oxygen atoms in total. The summed E-state index contributed by atoms with van der Waals surface area (Å²) in [6.07, 6.45) is 8.23. The molecule has 50 heavy (non-hydrogen) atoms. The smallest absolute Gasteiger partial charge is 0.793 e. The van der Waals surface area contributed by atoms with E-state index in [0.717, 1.165) is 97.8 Å². The molecule has 0 aromatic rings. The molecule has 2 heterocycles. The Hall–Kier alpha value is -0.359. The van der Waals surface area contributed by atoms with Gasteiger partial charge in [0.1, 0.15) is 6.17 Å². The third-order valence-corrected chi connectivity index (χ3v) is 7.51. The van der Waals surface area contributed by atoms with Crippen molar-refractivity contribution in [2.75, 3.05) is 26.2 Å². The van der Waals surface area contributed by atoms with E-state index in [4.69, 9.17) is 14.9 Å². The van der Waals surface area contributed by atoms with Crippen molar-refractivity contribution in [3.8, 4) is 0 Å². The average Bonchev–Trinajstić information content (AvgIpc) is 3.04. The van der Waals surface area contributed by atoms with Gasteiger partial charge in [0.05, 0.1) is 12.2 Å². The van der Waals surface area contributed by atoms with Crippen LogP contribution >= 0.6 is 0 Å². The maximum absolute atomic E-state index is 13.6. The summed E-state index contributed by atoms with van der Waals surface area (Å²) in [5.74, 6) is -1.94. The number of ketones is 1. The van der Waals surface area contributed by atoms with Crippen molar-refractivity contribution in [2.24, 2.45) is 0 Å². The van der Waals surface area contributed by atoms with Crippen LogP contribution in [0.15, 0.2) is 0 Å². The van der Waals surface area contributed by atoms with Gasteiger partial charge in [-0.15, -0.1) is 0 Å². The molecule has 2 aliphatic heterocycles. The fraction of sp³-hybridized carbons (Fsp3) is 0.862. The third kappa shape index (κ3) is 36.0. The molecule has 285 valence electrons. The molecule has 4 rings (SSSR count). The van der Waals surface area contributed by atoms with Crippen molar-refractivity contribution >= 4 is 58.9 Å². The Balaban J connectivity index is -0.000000262. The van der Waals surface area contributed by atoms with Gasteiger partial charge in [-0.3, -0.25) is 14.5 Å². The molecule has 4 fully saturated rings. The summed E-state index contributed by atoms with van der Waals surface area (Å²) in [5, 5.41) is 28.8. The molecular weight excluding hydrogens is 712 g/mol. The first kappa shape index (κ1) is 56.4. The summed E-state index contributed by atoms with van der Waals surface area (Å²) >= 11 is 0.671. The maximum atomic E-state index is 13.6. The number of alkyl halides is 2. The topological polar surface area (TPSA) is 218 Å². The van der Waals surface area contributed by atoms with Crippen LogP contribution in [0.1, 0.15) is 105 Å². The number of piperidine rings is 2. The summed E-state index contributed by atoms with van der Waals surface area (Å²) in [5.41, 5.74) is 0. The number of likely N-dealkylation sites (tertiary alicyclic amines) is 1. The Morgan fingerprint density at radius 2 is 1.28 bits per heavy atom. The first-order valence-electron chi connectivity index (χ1n) is 15.7. The largest absolute Gasteiger partial charge is 1.00 e. The van der Waals surface area contributed by atoms with E-state index in [1.165, 1.54) is 13.3 Å². The molecule has 0 spiro atoms. The quantitative estimate of drug-likeness (QED) is 0.135. The molecule has 0 aromatic heterocycles. The van der Waals surface area contributed by atoms with Crippen molar-refractivity contribution in [3.63, 3.8) is 0 Å². The molecule has 21 heteroatoms. The molecule has 3 radical (unpaired) electrons. The second-order valence-corrected chi connectivity index (χ2v) is 14.7. The number of rotatable bonds is 2. The first-order chi connectivity index (χ1) is 22.4. The van der Waals surface area contributed by atoms with Gasteiger partial charge in [-0.2, -0.15) is 0 Å². The van der Waals surface area contributed by atoms with Crippen molar-refractivity contribution in [2.45, 2.75) is 136 Å². The van der Waals surface area contributed by atoms with Gasteiger partial charge in [0.25, 0.3) is 0 Å². The van der Waals surface area contributed by atoms with Crippen LogP contribution in [0, 0.1) is 0 Å². The van der Waals surface area contributed by atoms with Gasteiger partial charge in [0, 0.05) is 46.3 Å². The van der Waals surface area contributed by atoms with Crippen LogP contribution in [-0.4, -0.2) is 137 Å². The second kappa shape index (κ2) is 34.4. The first-order valence-corrected chi connectivity index (χ1v) is 19.0. The van der Waals surface area contributed by atoms with Crippen LogP contribution < -0.4 is 34.9 Å². The molecule has 2 unspecified atom stereocenters. The summed E-state index contributed by atoms with van der Waals surface area (Å²) < 4.78 is 50.0. The zero-order valence-electron chi connectivity index (χ0n) is 29.1. The number of hydrogen-bond acceptors (Lipinski definition) is 14. The molecule has 4 aliphatic rings. The van der Waals surface area contributed by atoms with Crippen LogP contribution in [0.2, 0.25) is 0 Å². The van der Waals surface area contributed by atoms with Crippen molar-refractivity contribution in [3.05, 3.63) is 0 Å². The van der Waals surface area contributed by atoms with E-state index in [9.17, 15) is 37.3 Å². The zero-order chi connectivity index (χ0) is 37.1. The van der Waals surface area contributed by atoms with E-state index in [1.54, 1.807) is 0 Å². The number of aliphatic hydroxyl groups excluding tert-OH is 2. The van der Waals surface area contributed by atoms with E-state index in [-0.39, 0.29) is 61.0 Å². The molecular formula is C29H55BF2MgN2NaO13S. The molecule has 0 amide bonds. The fourth-order valence-electron chi connectivity index (χ4n) is 4.56. The third-order valence-electron chi connectivity index (χ3n) is 6.96. The summed E-state index contributed by atoms with van der Waals surface area (Å²) in [6, 6.07) is 0.149. The van der Waals surface area contributed by atoms with E-state index in [2.05, 4.69) is 37.0 Å². The van der Waals surface area contributed by atoms with Gasteiger partial charge in [-0.05, 0) is 70.9 Å². The van der Waals surface area contributed by atoms with Crippen LogP contribution in [0.4, 0.5) is 8.78 Å². The molecule has 2 aliphatic carbocycles. The van der Waals surface area contributed by atoms with Gasteiger partial charge in [-0.1, -0.05) is 20.3 Å². The van der Waals surface area contributed by atoms with Crippen LogP contribution in [-0.2, 0) is 45.3 Å². The van der Waals surface area contributed by atoms with Gasteiger partial charge in [0.15, 0.2) is 12.0 Å². The molecule has 2 saturated heterocycles. The van der Waals surface area contributed by atoms with E-state index in [1.807, 2.05) is 0 Å². The van der Waals surface area contributed by atoms with E-state index in [0.29, 0.717) is 32.6 Å². The minimum Gasteiger partial charge on any atom is -0.793 e. The van der Waals surface area contributed by atoms with Gasteiger partial charge >= 0.3 is 87.0 Å². The Labute approximate surface area is 329 Å². The van der Waals surface area contributed by atoms with Crippen molar-refractivity contribution in [1.29, 1.82) is 0 Å². The van der Waals surface area contributed by atoms with Gasteiger partial charge in [0.2, 0.25) is 5.97 Å². The van der Waals surface area contributed by atoms with Crippen molar-refractivity contribution < 1.29 is 101 Å². The van der Waals surface area contributed by atoms with Crippen LogP contribution in [0.5, 0.6) is 0 Å². The Bertz CT molecular complexity index is 1000. The second-order valence-electron chi connectivity index (χ2n) is 11.2. The summed E-state index contributed by atoms with van der Waals surface area (Å²) in [6.45, 7) is 7.26. The summed E-state index contributed by atoms with van der Waals surface area (Å²) in [4.78, 5) is 49.5. The SMILES string of the molecule is C.CC(=O)OOC(C)=O.O=C1CCCCC1F.O=[S](O)(=[Mg])OO.OC1CCN([C@@H]2CCCC[C@@H]2F)CC1.OC1CCNCC1.[B-]OC(C)=O.[Na+]. The minimum atomic E-state index is -3.33. The molecule has 0 bridgehead atoms. The van der Waals surface area contributed by atoms with Crippen LogP contribution in [0.3, 0.4) is 0 Å². The number of Topliss-reactive ketones (excluding diaryl/α,β-unsaturated/α-hetero) is 1. The van der Waals surface area contributed by atoms with Gasteiger partial charge < -0.3 is 28.2 Å². The number of carbonyl (C=O) groups excluding carboxylic acids is 4. The number of hydrogen-bond donors (Lipinski definition) is 5. The monoisotopic (exact) mass is 767 g/mol. The molecule has 2 saturated carbocycles. The van der Waals surface area contributed by atoms with Crippen molar-refractivity contribution in [1.82, 2.24) is 10.2 Å². The van der Waals surface area contributed by atoms with E-state index < -0.39 is 37.6 Å². The Morgan fingerprint density at radius 1 is 0.860 bits per heavy atom. The standard InChI is InChI=1S/C11H20FNO.C6H9FO.C5H11NO.C4H6O4.C2H3BO2.CH4.Mg.Na.H2O4S/c12-10-3-1-2-4-11(10)13-7-5-9(14)6-8-13;7-5-3-1-2-4-6(5)8;7-5-1-3-6-4-2-5;1-3(5)7-8-4(2)6;1-2(4)5-3;;;;1-4-5(2)3/h9-11,14H,1-8H2;5H,1-4H2;5-7H,1-4H2;1-2H3;1H3;1H4;;;1H,(H,2,3)/q;;;;-1;;;+1;/t10-,11+;;;;;;;;/m0......../s1. The molecule has 5 N–H and O–H groups in total. The number of nitrogens with one attached hydrogen (secondary N) is 1. The van der Waals surface area contributed by atoms with E-state index >= 15 is 0 Å². The fourth-order valence-corrected chi connectivity index (χ4v) is 4.56. The Morgan fingerprint density at radius 3 is 1.58 bits per heavy atom.